The number of nitrogens with one attached hydrogen (secondary N) is 1. The van der Waals surface area contributed by atoms with E-state index in [1.54, 1.807) is 0 Å². The van der Waals surface area contributed by atoms with Crippen LogP contribution in [0.1, 0.15) is 45.2 Å². The minimum Gasteiger partial charge on any atom is -0.374 e. The fourth-order valence-corrected chi connectivity index (χ4v) is 2.79. The predicted molar refractivity (Wildman–Crippen MR) is 95.3 cm³/mol. The molecule has 0 aliphatic heterocycles. The van der Waals surface area contributed by atoms with Gasteiger partial charge >= 0.3 is 0 Å². The van der Waals surface area contributed by atoms with Gasteiger partial charge in [-0.15, -0.1) is 0 Å². The van der Waals surface area contributed by atoms with Crippen molar-refractivity contribution in [3.63, 3.8) is 0 Å². The third-order valence-electron chi connectivity index (χ3n) is 4.22. The highest BCUT2D eigenvalue weighted by Gasteiger charge is 2.24. The molecule has 1 atom stereocenters. The SMILES string of the molecule is CCC(C)(CNCC(C)C)CN(C)c1cc(C)cc(C)c1. The second kappa shape index (κ2) is 7.84. The number of nitrogens with zero attached hydrogens (tertiary/aromatic N) is 1. The van der Waals surface area contributed by atoms with Gasteiger partial charge in [-0.2, -0.15) is 0 Å². The van der Waals surface area contributed by atoms with E-state index in [4.69, 9.17) is 0 Å². The highest BCUT2D eigenvalue weighted by atomic mass is 15.1. The Balaban J connectivity index is 2.70. The van der Waals surface area contributed by atoms with Gasteiger partial charge in [0, 0.05) is 25.8 Å². The molecule has 1 rings (SSSR count). The summed E-state index contributed by atoms with van der Waals surface area (Å²) < 4.78 is 0. The molecule has 0 heterocycles. The van der Waals surface area contributed by atoms with Crippen molar-refractivity contribution < 1.29 is 0 Å². The molecule has 1 aromatic rings. The summed E-state index contributed by atoms with van der Waals surface area (Å²) in [5.74, 6) is 0.711. The van der Waals surface area contributed by atoms with Crippen LogP contribution in [-0.2, 0) is 0 Å². The Labute approximate surface area is 131 Å². The summed E-state index contributed by atoms with van der Waals surface area (Å²) in [4.78, 5) is 2.40. The fraction of sp³-hybridized carbons (Fsp3) is 0.684. The molecule has 21 heavy (non-hydrogen) atoms. The van der Waals surface area contributed by atoms with Gasteiger partial charge in [-0.25, -0.2) is 0 Å². The van der Waals surface area contributed by atoms with Gasteiger partial charge in [-0.05, 0) is 61.4 Å². The number of rotatable bonds is 8. The molecule has 0 bridgehead atoms. The molecule has 0 spiro atoms. The van der Waals surface area contributed by atoms with E-state index in [9.17, 15) is 0 Å². The third kappa shape index (κ3) is 6.09. The fourth-order valence-electron chi connectivity index (χ4n) is 2.79. The Bertz CT molecular complexity index is 419. The van der Waals surface area contributed by atoms with Crippen molar-refractivity contribution in [2.45, 2.75) is 48.0 Å². The molecule has 1 N–H and O–H groups in total. The molecular weight excluding hydrogens is 256 g/mol. The monoisotopic (exact) mass is 290 g/mol. The number of aryl methyl sites for hydroxylation is 2. The molecule has 0 fully saturated rings. The van der Waals surface area contributed by atoms with Crippen molar-refractivity contribution in [1.29, 1.82) is 0 Å². The molecule has 1 aromatic carbocycles. The molecule has 1 unspecified atom stereocenters. The van der Waals surface area contributed by atoms with E-state index in [0.717, 1.165) is 19.6 Å². The summed E-state index contributed by atoms with van der Waals surface area (Å²) in [7, 11) is 2.21. The molecule has 120 valence electrons. The Kier molecular flexibility index (Phi) is 6.73. The van der Waals surface area contributed by atoms with Crippen LogP contribution in [0.4, 0.5) is 5.69 Å². The minimum atomic E-state index is 0.307. The van der Waals surface area contributed by atoms with Crippen LogP contribution in [0.25, 0.3) is 0 Å². The smallest absolute Gasteiger partial charge is 0.0369 e. The van der Waals surface area contributed by atoms with Crippen LogP contribution in [-0.4, -0.2) is 26.7 Å². The summed E-state index contributed by atoms with van der Waals surface area (Å²) in [5.41, 5.74) is 4.32. The number of anilines is 1. The average Bonchev–Trinajstić information content (AvgIpc) is 2.37. The van der Waals surface area contributed by atoms with Crippen molar-refractivity contribution in [2.24, 2.45) is 11.3 Å². The van der Waals surface area contributed by atoms with E-state index in [-0.39, 0.29) is 0 Å². The molecular formula is C19H34N2. The van der Waals surface area contributed by atoms with Crippen LogP contribution in [0.15, 0.2) is 18.2 Å². The highest BCUT2D eigenvalue weighted by molar-refractivity contribution is 5.50. The summed E-state index contributed by atoms with van der Waals surface area (Å²) >= 11 is 0. The van der Waals surface area contributed by atoms with E-state index >= 15 is 0 Å². The number of hydrogen-bond acceptors (Lipinski definition) is 2. The standard InChI is InChI=1S/C19H34N2/c1-8-19(6,13-20-12-15(2)3)14-21(7)18-10-16(4)9-17(5)11-18/h9-11,15,20H,8,12-14H2,1-7H3. The lowest BCUT2D eigenvalue weighted by Crippen LogP contribution is -2.41. The van der Waals surface area contributed by atoms with Crippen LogP contribution in [0.2, 0.25) is 0 Å². The lowest BCUT2D eigenvalue weighted by molar-refractivity contribution is 0.294. The van der Waals surface area contributed by atoms with E-state index in [2.05, 4.69) is 77.0 Å². The Morgan fingerprint density at radius 3 is 2.19 bits per heavy atom. The van der Waals surface area contributed by atoms with Crippen molar-refractivity contribution in [3.8, 4) is 0 Å². The summed E-state index contributed by atoms with van der Waals surface area (Å²) in [6, 6.07) is 6.80. The van der Waals surface area contributed by atoms with Crippen molar-refractivity contribution in [3.05, 3.63) is 29.3 Å². The largest absolute Gasteiger partial charge is 0.374 e. The lowest BCUT2D eigenvalue weighted by atomic mass is 9.86. The zero-order valence-corrected chi connectivity index (χ0v) is 15.1. The van der Waals surface area contributed by atoms with Gasteiger partial charge in [0.25, 0.3) is 0 Å². The van der Waals surface area contributed by atoms with Crippen LogP contribution in [0.3, 0.4) is 0 Å². The first kappa shape index (κ1) is 18.0. The van der Waals surface area contributed by atoms with E-state index in [1.807, 2.05) is 0 Å². The highest BCUT2D eigenvalue weighted by Crippen LogP contribution is 2.25. The van der Waals surface area contributed by atoms with Gasteiger partial charge in [-0.1, -0.05) is 33.8 Å². The van der Waals surface area contributed by atoms with Gasteiger partial charge in [0.2, 0.25) is 0 Å². The first-order valence-electron chi connectivity index (χ1n) is 8.26. The maximum absolute atomic E-state index is 3.63. The van der Waals surface area contributed by atoms with Gasteiger partial charge in [0.05, 0.1) is 0 Å². The Morgan fingerprint density at radius 2 is 1.71 bits per heavy atom. The predicted octanol–water partition coefficient (Wildman–Crippen LogP) is 4.40. The van der Waals surface area contributed by atoms with E-state index < -0.39 is 0 Å². The molecule has 0 aliphatic rings. The Morgan fingerprint density at radius 1 is 1.14 bits per heavy atom. The maximum Gasteiger partial charge on any atom is 0.0369 e. The topological polar surface area (TPSA) is 15.3 Å². The molecule has 0 radical (unpaired) electrons. The summed E-state index contributed by atoms with van der Waals surface area (Å²) in [6.45, 7) is 16.8. The van der Waals surface area contributed by atoms with Gasteiger partial charge in [0.1, 0.15) is 0 Å². The first-order valence-corrected chi connectivity index (χ1v) is 8.26. The molecule has 2 nitrogen and oxygen atoms in total. The zero-order chi connectivity index (χ0) is 16.0. The first-order chi connectivity index (χ1) is 9.75. The maximum atomic E-state index is 3.63. The summed E-state index contributed by atoms with van der Waals surface area (Å²) in [5, 5.41) is 3.63. The van der Waals surface area contributed by atoms with Gasteiger partial charge in [0.15, 0.2) is 0 Å². The van der Waals surface area contributed by atoms with Crippen LogP contribution in [0, 0.1) is 25.2 Å². The van der Waals surface area contributed by atoms with Crippen LogP contribution in [0.5, 0.6) is 0 Å². The average molecular weight is 290 g/mol. The molecule has 0 amide bonds. The van der Waals surface area contributed by atoms with Crippen molar-refractivity contribution in [2.75, 3.05) is 31.6 Å². The lowest BCUT2D eigenvalue weighted by Gasteiger charge is -2.35. The van der Waals surface area contributed by atoms with Crippen LogP contribution >= 0.6 is 0 Å². The molecule has 2 heteroatoms. The molecule has 0 aromatic heterocycles. The number of hydrogen-bond donors (Lipinski definition) is 1. The van der Waals surface area contributed by atoms with Gasteiger partial charge in [-0.3, -0.25) is 0 Å². The minimum absolute atomic E-state index is 0.307. The molecule has 0 saturated heterocycles. The van der Waals surface area contributed by atoms with E-state index in [0.29, 0.717) is 11.3 Å². The Hall–Kier alpha value is -1.02. The second-order valence-corrected chi connectivity index (χ2v) is 7.39. The zero-order valence-electron chi connectivity index (χ0n) is 15.1. The quantitative estimate of drug-likeness (QED) is 0.763. The molecule has 0 aliphatic carbocycles. The number of benzene rings is 1. The second-order valence-electron chi connectivity index (χ2n) is 7.39. The van der Waals surface area contributed by atoms with Crippen molar-refractivity contribution in [1.82, 2.24) is 5.32 Å². The van der Waals surface area contributed by atoms with E-state index in [1.165, 1.54) is 23.2 Å². The third-order valence-corrected chi connectivity index (χ3v) is 4.22. The van der Waals surface area contributed by atoms with Crippen molar-refractivity contribution >= 4 is 5.69 Å². The summed E-state index contributed by atoms with van der Waals surface area (Å²) in [6.07, 6.45) is 1.19. The van der Waals surface area contributed by atoms with Crippen LogP contribution < -0.4 is 10.2 Å². The van der Waals surface area contributed by atoms with Gasteiger partial charge < -0.3 is 10.2 Å². The normalized spacial score (nSPS) is 14.3. The molecule has 0 saturated carbocycles.